The molecule has 0 saturated carbocycles. The van der Waals surface area contributed by atoms with Crippen molar-refractivity contribution in [2.75, 3.05) is 5.32 Å². The molecule has 23 heavy (non-hydrogen) atoms. The number of hydrogen-bond acceptors (Lipinski definition) is 4. The van der Waals surface area contributed by atoms with E-state index in [4.69, 9.17) is 0 Å². The van der Waals surface area contributed by atoms with E-state index in [-0.39, 0.29) is 23.0 Å². The molecule has 3 rings (SSSR count). The summed E-state index contributed by atoms with van der Waals surface area (Å²) in [6, 6.07) is 8.06. The van der Waals surface area contributed by atoms with Gasteiger partial charge >= 0.3 is 0 Å². The number of nitrogens with zero attached hydrogens (tertiary/aromatic N) is 1. The van der Waals surface area contributed by atoms with Crippen LogP contribution in [0.3, 0.4) is 0 Å². The summed E-state index contributed by atoms with van der Waals surface area (Å²) in [6.07, 6.45) is 1.67. The van der Waals surface area contributed by atoms with E-state index in [0.29, 0.717) is 11.3 Å². The van der Waals surface area contributed by atoms with E-state index in [0.717, 1.165) is 10.9 Å². The van der Waals surface area contributed by atoms with Crippen LogP contribution >= 0.6 is 0 Å². The summed E-state index contributed by atoms with van der Waals surface area (Å²) in [6.45, 7) is 3.81. The molecule has 0 fully saturated rings. The molecule has 0 saturated heterocycles. The van der Waals surface area contributed by atoms with Gasteiger partial charge in [0.2, 0.25) is 0 Å². The van der Waals surface area contributed by atoms with Gasteiger partial charge in [0.05, 0.1) is 17.3 Å². The van der Waals surface area contributed by atoms with Gasteiger partial charge in [-0.05, 0) is 35.7 Å². The van der Waals surface area contributed by atoms with E-state index in [1.54, 1.807) is 18.3 Å². The number of amides is 1. The third-order valence-electron chi connectivity index (χ3n) is 3.71. The number of H-pyrrole nitrogens is 1. The van der Waals surface area contributed by atoms with Crippen LogP contribution in [0.25, 0.3) is 10.9 Å². The molecule has 6 nitrogen and oxygen atoms in total. The minimum Gasteiger partial charge on any atom is -0.508 e. The first-order chi connectivity index (χ1) is 11.0. The predicted octanol–water partition coefficient (Wildman–Crippen LogP) is 3.35. The van der Waals surface area contributed by atoms with Gasteiger partial charge < -0.3 is 15.5 Å². The molecular weight excluding hydrogens is 294 g/mol. The molecule has 2 aromatic carbocycles. The van der Waals surface area contributed by atoms with E-state index >= 15 is 0 Å². The Bertz CT molecular complexity index is 884. The number of nitrogens with one attached hydrogen (secondary N) is 2. The van der Waals surface area contributed by atoms with E-state index in [9.17, 15) is 15.0 Å². The fraction of sp³-hybridized carbons (Fsp3) is 0.176. The van der Waals surface area contributed by atoms with E-state index in [1.807, 2.05) is 19.9 Å². The highest BCUT2D eigenvalue weighted by Gasteiger charge is 2.17. The maximum atomic E-state index is 12.4. The summed E-state index contributed by atoms with van der Waals surface area (Å²) in [5.74, 6) is -0.681. The number of carbonyl (C=O) groups excluding carboxylic acids is 1. The maximum absolute atomic E-state index is 12.4. The van der Waals surface area contributed by atoms with Crippen molar-refractivity contribution in [1.29, 1.82) is 0 Å². The molecule has 118 valence electrons. The van der Waals surface area contributed by atoms with Crippen LogP contribution in [0, 0.1) is 0 Å². The third kappa shape index (κ3) is 2.83. The summed E-state index contributed by atoms with van der Waals surface area (Å²) in [7, 11) is 0. The Kier molecular flexibility index (Phi) is 3.65. The molecule has 0 aliphatic carbocycles. The number of aromatic nitrogens is 2. The number of hydrogen-bond donors (Lipinski definition) is 4. The smallest absolute Gasteiger partial charge is 0.259 e. The topological polar surface area (TPSA) is 98.2 Å². The van der Waals surface area contributed by atoms with E-state index in [2.05, 4.69) is 15.5 Å². The number of aromatic hydroxyl groups is 2. The normalized spacial score (nSPS) is 11.1. The van der Waals surface area contributed by atoms with Gasteiger partial charge in [-0.1, -0.05) is 13.8 Å². The molecule has 0 aliphatic heterocycles. The lowest BCUT2D eigenvalue weighted by molar-refractivity contribution is 0.102. The molecule has 0 bridgehead atoms. The maximum Gasteiger partial charge on any atom is 0.259 e. The number of carbonyl (C=O) groups is 1. The van der Waals surface area contributed by atoms with Crippen LogP contribution in [-0.2, 0) is 0 Å². The Balaban J connectivity index is 1.92. The first-order valence-electron chi connectivity index (χ1n) is 7.26. The quantitative estimate of drug-likeness (QED) is 0.596. The van der Waals surface area contributed by atoms with Crippen LogP contribution < -0.4 is 5.32 Å². The summed E-state index contributed by atoms with van der Waals surface area (Å²) >= 11 is 0. The van der Waals surface area contributed by atoms with Crippen LogP contribution in [-0.4, -0.2) is 26.3 Å². The number of phenols is 2. The molecule has 6 heteroatoms. The lowest BCUT2D eigenvalue weighted by Crippen LogP contribution is -2.12. The Morgan fingerprint density at radius 2 is 1.96 bits per heavy atom. The van der Waals surface area contributed by atoms with Crippen molar-refractivity contribution in [3.05, 3.63) is 47.7 Å². The number of anilines is 1. The van der Waals surface area contributed by atoms with Gasteiger partial charge in [-0.2, -0.15) is 5.10 Å². The second-order valence-electron chi connectivity index (χ2n) is 5.71. The zero-order valence-electron chi connectivity index (χ0n) is 12.8. The Labute approximate surface area is 132 Å². The Morgan fingerprint density at radius 1 is 1.17 bits per heavy atom. The molecule has 0 atom stereocenters. The van der Waals surface area contributed by atoms with Crippen molar-refractivity contribution in [2.45, 2.75) is 19.8 Å². The number of phenolic OH excluding ortho intramolecular Hbond substituents is 2. The second-order valence-corrected chi connectivity index (χ2v) is 5.71. The molecule has 4 N–H and O–H groups in total. The highest BCUT2D eigenvalue weighted by molar-refractivity contribution is 6.07. The fourth-order valence-electron chi connectivity index (χ4n) is 2.46. The number of fused-ring (bicyclic) bond motifs is 1. The molecule has 0 unspecified atom stereocenters. The molecule has 0 spiro atoms. The van der Waals surface area contributed by atoms with Crippen LogP contribution in [0.15, 0.2) is 36.5 Å². The molecule has 1 amide bonds. The van der Waals surface area contributed by atoms with Crippen LogP contribution in [0.4, 0.5) is 5.69 Å². The minimum absolute atomic E-state index is 0.0196. The second kappa shape index (κ2) is 5.64. The Hall–Kier alpha value is -3.02. The number of benzene rings is 2. The van der Waals surface area contributed by atoms with Gasteiger partial charge in [-0.15, -0.1) is 0 Å². The van der Waals surface area contributed by atoms with Crippen molar-refractivity contribution in [3.63, 3.8) is 0 Å². The van der Waals surface area contributed by atoms with Crippen LogP contribution in [0.5, 0.6) is 11.5 Å². The van der Waals surface area contributed by atoms with Crippen molar-refractivity contribution >= 4 is 22.5 Å². The van der Waals surface area contributed by atoms with Gasteiger partial charge in [0.1, 0.15) is 11.5 Å². The SMILES string of the molecule is CC(C)c1cc(C(=O)Nc2ccc3[nH]ncc3c2)c(O)cc1O. The number of aromatic amines is 1. The summed E-state index contributed by atoms with van der Waals surface area (Å²) in [4.78, 5) is 12.4. The van der Waals surface area contributed by atoms with Crippen molar-refractivity contribution in [1.82, 2.24) is 10.2 Å². The molecular formula is C17H17N3O3. The molecule has 1 aromatic heterocycles. The lowest BCUT2D eigenvalue weighted by atomic mass is 9.98. The number of rotatable bonds is 3. The zero-order chi connectivity index (χ0) is 16.6. The van der Waals surface area contributed by atoms with Crippen LogP contribution in [0.1, 0.15) is 35.7 Å². The van der Waals surface area contributed by atoms with Gasteiger partial charge in [0.25, 0.3) is 5.91 Å². The summed E-state index contributed by atoms with van der Waals surface area (Å²) < 4.78 is 0. The summed E-state index contributed by atoms with van der Waals surface area (Å²) in [5.41, 5.74) is 2.21. The highest BCUT2D eigenvalue weighted by atomic mass is 16.3. The standard InChI is InChI=1S/C17H17N3O3/c1-9(2)12-6-13(16(22)7-15(12)21)17(23)19-11-3-4-14-10(5-11)8-18-20-14/h3-9,21-22H,1-2H3,(H,18,20)(H,19,23). The average Bonchev–Trinajstić information content (AvgIpc) is 2.94. The molecule has 0 radical (unpaired) electrons. The zero-order valence-corrected chi connectivity index (χ0v) is 12.8. The van der Waals surface area contributed by atoms with Crippen molar-refractivity contribution in [3.8, 4) is 11.5 Å². The Morgan fingerprint density at radius 3 is 2.70 bits per heavy atom. The van der Waals surface area contributed by atoms with Gasteiger partial charge in [-0.25, -0.2) is 0 Å². The van der Waals surface area contributed by atoms with Crippen LogP contribution in [0.2, 0.25) is 0 Å². The van der Waals surface area contributed by atoms with Gasteiger partial charge in [0, 0.05) is 17.1 Å². The lowest BCUT2D eigenvalue weighted by Gasteiger charge is -2.13. The first-order valence-corrected chi connectivity index (χ1v) is 7.26. The first kappa shape index (κ1) is 14.9. The predicted molar refractivity (Wildman–Crippen MR) is 87.9 cm³/mol. The van der Waals surface area contributed by atoms with E-state index in [1.165, 1.54) is 12.1 Å². The minimum atomic E-state index is -0.438. The molecule has 1 heterocycles. The van der Waals surface area contributed by atoms with Crippen molar-refractivity contribution in [2.24, 2.45) is 0 Å². The molecule has 3 aromatic rings. The van der Waals surface area contributed by atoms with Gasteiger partial charge in [0.15, 0.2) is 0 Å². The largest absolute Gasteiger partial charge is 0.508 e. The fourth-order valence-corrected chi connectivity index (χ4v) is 2.46. The molecule has 0 aliphatic rings. The van der Waals surface area contributed by atoms with Gasteiger partial charge in [-0.3, -0.25) is 9.89 Å². The monoisotopic (exact) mass is 311 g/mol. The summed E-state index contributed by atoms with van der Waals surface area (Å²) in [5, 5.41) is 30.2. The van der Waals surface area contributed by atoms with Crippen molar-refractivity contribution < 1.29 is 15.0 Å². The third-order valence-corrected chi connectivity index (χ3v) is 3.71. The average molecular weight is 311 g/mol. The van der Waals surface area contributed by atoms with E-state index < -0.39 is 5.91 Å². The highest BCUT2D eigenvalue weighted by Crippen LogP contribution is 2.32.